The topological polar surface area (TPSA) is 174 Å². The fraction of sp³-hybridized carbons (Fsp3) is 0.348. The molecule has 10 heteroatoms. The molecule has 0 fully saturated rings. The van der Waals surface area contributed by atoms with Crippen molar-refractivity contribution in [3.63, 3.8) is 0 Å². The number of nitro benzene ring substituents is 2. The van der Waals surface area contributed by atoms with Crippen molar-refractivity contribution in [2.24, 2.45) is 0 Å². The third kappa shape index (κ3) is 9.51. The van der Waals surface area contributed by atoms with Crippen LogP contribution < -0.4 is 0 Å². The molecule has 0 aliphatic rings. The molecule has 0 saturated heterocycles. The summed E-state index contributed by atoms with van der Waals surface area (Å²) >= 11 is 0. The van der Waals surface area contributed by atoms with Crippen LogP contribution in [-0.2, 0) is 21.7 Å². The molecule has 0 radical (unpaired) electrons. The number of benzene rings is 4. The van der Waals surface area contributed by atoms with Gasteiger partial charge in [-0.3, -0.25) is 20.2 Å². The molecule has 4 rings (SSSR count). The van der Waals surface area contributed by atoms with Crippen LogP contribution in [0.5, 0.6) is 11.5 Å². The molecular weight excluding hydrogens is 705 g/mol. The highest BCUT2D eigenvalue weighted by Gasteiger charge is 2.34. The maximum atomic E-state index is 11.8. The third-order valence-electron chi connectivity index (χ3n) is 10.4. The summed E-state index contributed by atoms with van der Waals surface area (Å²) in [4.78, 5) is 21.4. The number of phenolic OH excluding ortho intramolecular Hbond substituents is 2. The van der Waals surface area contributed by atoms with Crippen molar-refractivity contribution in [1.29, 1.82) is 10.5 Å². The van der Waals surface area contributed by atoms with E-state index in [-0.39, 0.29) is 22.9 Å². The summed E-state index contributed by atoms with van der Waals surface area (Å²) in [6.45, 7) is 20.3. The first-order valence-corrected chi connectivity index (χ1v) is 18.4. The minimum Gasteiger partial charge on any atom is -0.507 e. The third-order valence-corrected chi connectivity index (χ3v) is 10.4. The van der Waals surface area contributed by atoms with Crippen LogP contribution in [0, 0.1) is 42.9 Å². The standard InChI is InChI=1S/C46H50N4O6/c1-43(2,3)37-23-29(21-33(27-47)31-11-15-35(16-12-31)49(53)54)25-39(41(37)51)45(7,8)19-20-46(9,10)40-26-30(24-38(42(40)52)44(4,5)6)22-34(28-48)32-13-17-36(18-14-32)50(55)56/h11-18,21-26,51-52H,19-20H2,1-10H3/b33-21-,34-22+. The van der Waals surface area contributed by atoms with Crippen LogP contribution in [0.15, 0.2) is 72.8 Å². The summed E-state index contributed by atoms with van der Waals surface area (Å²) in [6, 6.07) is 23.6. The molecular formula is C46H50N4O6. The van der Waals surface area contributed by atoms with Gasteiger partial charge in [0, 0.05) is 46.5 Å². The Kier molecular flexibility index (Phi) is 12.0. The van der Waals surface area contributed by atoms with Gasteiger partial charge in [-0.05, 0) is 117 Å². The molecule has 0 aromatic heterocycles. The monoisotopic (exact) mass is 754 g/mol. The summed E-state index contributed by atoms with van der Waals surface area (Å²) in [5.74, 6) is 0.346. The minimum atomic E-state index is -0.588. The van der Waals surface area contributed by atoms with E-state index in [0.29, 0.717) is 68.5 Å². The second kappa shape index (κ2) is 15.8. The van der Waals surface area contributed by atoms with E-state index in [4.69, 9.17) is 0 Å². The van der Waals surface area contributed by atoms with Crippen LogP contribution in [0.3, 0.4) is 0 Å². The number of rotatable bonds is 11. The zero-order valence-electron chi connectivity index (χ0n) is 33.8. The lowest BCUT2D eigenvalue weighted by atomic mass is 9.70. The average Bonchev–Trinajstić information content (AvgIpc) is 3.12. The quantitative estimate of drug-likeness (QED) is 0.0658. The Morgan fingerprint density at radius 2 is 0.857 bits per heavy atom. The van der Waals surface area contributed by atoms with E-state index in [2.05, 4.69) is 39.8 Å². The number of non-ortho nitro benzene ring substituents is 2. The largest absolute Gasteiger partial charge is 0.507 e. The fourth-order valence-corrected chi connectivity index (χ4v) is 6.77. The summed E-state index contributed by atoms with van der Waals surface area (Å²) < 4.78 is 0. The van der Waals surface area contributed by atoms with Crippen LogP contribution in [-0.4, -0.2) is 20.1 Å². The van der Waals surface area contributed by atoms with Crippen molar-refractivity contribution in [2.45, 2.75) is 104 Å². The van der Waals surface area contributed by atoms with E-state index >= 15 is 0 Å². The van der Waals surface area contributed by atoms with Gasteiger partial charge in [0.25, 0.3) is 11.4 Å². The predicted molar refractivity (Wildman–Crippen MR) is 222 cm³/mol. The summed E-state index contributed by atoms with van der Waals surface area (Å²) in [5, 5.41) is 66.3. The van der Waals surface area contributed by atoms with Crippen molar-refractivity contribution in [3.05, 3.63) is 138 Å². The second-order valence-corrected chi connectivity index (χ2v) is 17.6. The number of nitriles is 2. The van der Waals surface area contributed by atoms with Crippen LogP contribution in [0.1, 0.15) is 127 Å². The van der Waals surface area contributed by atoms with Crippen LogP contribution in [0.25, 0.3) is 23.3 Å². The average molecular weight is 755 g/mol. The molecule has 0 heterocycles. The van der Waals surface area contributed by atoms with Crippen LogP contribution >= 0.6 is 0 Å². The fourth-order valence-electron chi connectivity index (χ4n) is 6.77. The maximum absolute atomic E-state index is 11.8. The van der Waals surface area contributed by atoms with E-state index in [1.807, 2.05) is 65.8 Å². The number of allylic oxidation sites excluding steroid dienone is 2. The molecule has 0 bridgehead atoms. The highest BCUT2D eigenvalue weighted by molar-refractivity contribution is 5.91. The van der Waals surface area contributed by atoms with E-state index < -0.39 is 31.5 Å². The highest BCUT2D eigenvalue weighted by Crippen LogP contribution is 2.47. The van der Waals surface area contributed by atoms with Gasteiger partial charge in [0.2, 0.25) is 0 Å². The molecule has 0 unspecified atom stereocenters. The maximum Gasteiger partial charge on any atom is 0.269 e. The molecule has 0 amide bonds. The van der Waals surface area contributed by atoms with Crippen molar-refractivity contribution < 1.29 is 20.1 Å². The first-order chi connectivity index (χ1) is 25.9. The molecule has 0 aliphatic heterocycles. The normalized spacial score (nSPS) is 12.9. The molecule has 4 aromatic rings. The van der Waals surface area contributed by atoms with E-state index in [1.165, 1.54) is 24.3 Å². The van der Waals surface area contributed by atoms with Gasteiger partial charge in [-0.1, -0.05) is 69.2 Å². The van der Waals surface area contributed by atoms with Gasteiger partial charge in [-0.25, -0.2) is 0 Å². The smallest absolute Gasteiger partial charge is 0.269 e. The predicted octanol–water partition coefficient (Wildman–Crippen LogP) is 11.7. The number of phenols is 2. The van der Waals surface area contributed by atoms with Gasteiger partial charge in [0.05, 0.1) is 33.1 Å². The SMILES string of the molecule is CC(C)(C)c1cc(/C=C(\C#N)c2ccc([N+](=O)[O-])cc2)cc(C(C)(C)CCC(C)(C)c2cc(/C=C(/C#N)c3ccc([N+](=O)[O-])cc3)cc(C(C)(C)C)c2O)c1O. The van der Waals surface area contributed by atoms with Crippen molar-refractivity contribution in [2.75, 3.05) is 0 Å². The molecule has 56 heavy (non-hydrogen) atoms. The van der Waals surface area contributed by atoms with Crippen molar-refractivity contribution in [1.82, 2.24) is 0 Å². The lowest BCUT2D eigenvalue weighted by Crippen LogP contribution is -2.26. The molecule has 0 saturated carbocycles. The number of hydrogen-bond acceptors (Lipinski definition) is 8. The van der Waals surface area contributed by atoms with E-state index in [0.717, 1.165) is 0 Å². The number of nitrogens with zero attached hydrogens (tertiary/aromatic N) is 4. The van der Waals surface area contributed by atoms with Gasteiger partial charge in [0.1, 0.15) is 11.5 Å². The van der Waals surface area contributed by atoms with Gasteiger partial charge in [-0.15, -0.1) is 0 Å². The number of nitro groups is 2. The van der Waals surface area contributed by atoms with Crippen molar-refractivity contribution >= 4 is 34.7 Å². The van der Waals surface area contributed by atoms with E-state index in [9.17, 15) is 41.0 Å². The Hall–Kier alpha value is -6.26. The van der Waals surface area contributed by atoms with Gasteiger partial charge in [0.15, 0.2) is 0 Å². The highest BCUT2D eigenvalue weighted by atomic mass is 16.6. The molecule has 2 N–H and O–H groups in total. The minimum absolute atomic E-state index is 0.0713. The Bertz CT molecular complexity index is 2140. The van der Waals surface area contributed by atoms with Gasteiger partial charge < -0.3 is 10.2 Å². The number of hydrogen-bond donors (Lipinski definition) is 2. The zero-order chi connectivity index (χ0) is 42.0. The molecule has 4 aromatic carbocycles. The summed E-state index contributed by atoms with van der Waals surface area (Å²) in [5.41, 5.74) is 3.74. The summed E-state index contributed by atoms with van der Waals surface area (Å²) in [7, 11) is 0. The lowest BCUT2D eigenvalue weighted by Gasteiger charge is -2.35. The molecule has 290 valence electrons. The molecule has 10 nitrogen and oxygen atoms in total. The Labute approximate surface area is 329 Å². The van der Waals surface area contributed by atoms with Crippen LogP contribution in [0.2, 0.25) is 0 Å². The zero-order valence-corrected chi connectivity index (χ0v) is 33.8. The van der Waals surface area contributed by atoms with E-state index in [1.54, 1.807) is 36.4 Å². The van der Waals surface area contributed by atoms with Crippen LogP contribution in [0.4, 0.5) is 11.4 Å². The van der Waals surface area contributed by atoms with Gasteiger partial charge >= 0.3 is 0 Å². The van der Waals surface area contributed by atoms with Gasteiger partial charge in [-0.2, -0.15) is 10.5 Å². The first-order valence-electron chi connectivity index (χ1n) is 18.4. The second-order valence-electron chi connectivity index (χ2n) is 17.6. The molecule has 0 atom stereocenters. The number of aromatic hydroxyl groups is 2. The van der Waals surface area contributed by atoms with Crippen molar-refractivity contribution in [3.8, 4) is 23.6 Å². The molecule has 0 spiro atoms. The molecule has 0 aliphatic carbocycles. The Morgan fingerprint density at radius 3 is 1.11 bits per heavy atom. The Balaban J connectivity index is 1.78. The summed E-state index contributed by atoms with van der Waals surface area (Å²) in [6.07, 6.45) is 4.65. The Morgan fingerprint density at radius 1 is 0.571 bits per heavy atom. The lowest BCUT2D eigenvalue weighted by molar-refractivity contribution is -0.385. The first kappa shape index (κ1) is 42.5.